The van der Waals surface area contributed by atoms with Gasteiger partial charge in [-0.3, -0.25) is 4.79 Å². The van der Waals surface area contributed by atoms with E-state index in [4.69, 9.17) is 14.2 Å². The molecular formula is C33H45N4O4+. The van der Waals surface area contributed by atoms with Crippen LogP contribution in [0.25, 0.3) is 5.57 Å². The summed E-state index contributed by atoms with van der Waals surface area (Å²) in [5, 5.41) is 0. The monoisotopic (exact) mass is 561 g/mol. The fourth-order valence-electron chi connectivity index (χ4n) is 5.54. The highest BCUT2D eigenvalue weighted by atomic mass is 16.5. The number of allylic oxidation sites excluding steroid dienone is 1. The first-order chi connectivity index (χ1) is 19.6. The summed E-state index contributed by atoms with van der Waals surface area (Å²) in [5.41, 5.74) is 8.86. The Morgan fingerprint density at radius 3 is 2.37 bits per heavy atom. The molecular weight excluding hydrogens is 516 g/mol. The minimum absolute atomic E-state index is 0.102. The highest BCUT2D eigenvalue weighted by Gasteiger charge is 2.35. The Morgan fingerprint density at radius 1 is 1.00 bits per heavy atom. The van der Waals surface area contributed by atoms with Crippen molar-refractivity contribution in [2.24, 2.45) is 0 Å². The van der Waals surface area contributed by atoms with Gasteiger partial charge in [-0.05, 0) is 37.6 Å². The van der Waals surface area contributed by atoms with Gasteiger partial charge < -0.3 is 28.9 Å². The fourth-order valence-corrected chi connectivity index (χ4v) is 5.54. The Hall–Kier alpha value is -3.94. The molecule has 0 saturated heterocycles. The maximum Gasteiger partial charge on any atom is 0.305 e. The number of fused-ring (bicyclic) bond motifs is 2. The topological polar surface area (TPSA) is 57.5 Å². The minimum Gasteiger partial charge on any atom is -0.496 e. The molecule has 41 heavy (non-hydrogen) atoms. The molecule has 0 saturated carbocycles. The van der Waals surface area contributed by atoms with Gasteiger partial charge in [0.15, 0.2) is 5.71 Å². The predicted octanol–water partition coefficient (Wildman–Crippen LogP) is 4.84. The van der Waals surface area contributed by atoms with Gasteiger partial charge in [0.2, 0.25) is 0 Å². The van der Waals surface area contributed by atoms with Gasteiger partial charge >= 0.3 is 5.97 Å². The van der Waals surface area contributed by atoms with E-state index in [0.717, 1.165) is 70.3 Å². The third-order valence-electron chi connectivity index (χ3n) is 7.89. The van der Waals surface area contributed by atoms with Crippen LogP contribution in [0.4, 0.5) is 17.1 Å². The number of anilines is 3. The molecule has 8 heteroatoms. The van der Waals surface area contributed by atoms with E-state index >= 15 is 0 Å². The normalized spacial score (nSPS) is 15.5. The molecule has 0 aromatic heterocycles. The fraction of sp³-hybridized carbons (Fsp3) is 0.455. The Balaban J connectivity index is 1.91. The van der Waals surface area contributed by atoms with Crippen molar-refractivity contribution in [1.29, 1.82) is 0 Å². The molecule has 0 N–H and O–H groups in total. The third-order valence-corrected chi connectivity index (χ3v) is 7.89. The first kappa shape index (κ1) is 30.0. The molecule has 0 spiro atoms. The van der Waals surface area contributed by atoms with Gasteiger partial charge in [0.25, 0.3) is 0 Å². The number of hydrogen-bond donors (Lipinski definition) is 0. The number of rotatable bonds is 10. The largest absolute Gasteiger partial charge is 0.496 e. The SMILES string of the molecule is CCN(CCCC(=O)OC)c1cc(OC)c(C2=C3C=CC(=[N+](C)C)CC3Oc3cc(N(C)C)ccc32)cc1N(C)C. The van der Waals surface area contributed by atoms with Crippen molar-refractivity contribution < 1.29 is 23.6 Å². The van der Waals surface area contributed by atoms with Crippen molar-refractivity contribution >= 4 is 34.3 Å². The molecule has 220 valence electrons. The Kier molecular flexibility index (Phi) is 9.31. The zero-order valence-electron chi connectivity index (χ0n) is 26.1. The van der Waals surface area contributed by atoms with Gasteiger partial charge in [0, 0.05) is 93.9 Å². The molecule has 1 aliphatic carbocycles. The number of methoxy groups -OCH3 is 2. The van der Waals surface area contributed by atoms with Crippen LogP contribution in [0.15, 0.2) is 48.1 Å². The van der Waals surface area contributed by atoms with Crippen LogP contribution in [0.2, 0.25) is 0 Å². The van der Waals surface area contributed by atoms with E-state index in [1.807, 2.05) is 14.1 Å². The second-order valence-electron chi connectivity index (χ2n) is 11.1. The molecule has 1 aliphatic heterocycles. The van der Waals surface area contributed by atoms with E-state index in [1.54, 1.807) is 7.11 Å². The van der Waals surface area contributed by atoms with Crippen molar-refractivity contribution in [3.8, 4) is 11.5 Å². The van der Waals surface area contributed by atoms with Crippen molar-refractivity contribution in [1.82, 2.24) is 0 Å². The molecule has 0 radical (unpaired) electrons. The van der Waals surface area contributed by atoms with E-state index < -0.39 is 0 Å². The first-order valence-corrected chi connectivity index (χ1v) is 14.2. The third kappa shape index (κ3) is 6.21. The summed E-state index contributed by atoms with van der Waals surface area (Å²) in [5.74, 6) is 1.50. The predicted molar refractivity (Wildman–Crippen MR) is 169 cm³/mol. The molecule has 2 aromatic rings. The average molecular weight is 562 g/mol. The Bertz CT molecular complexity index is 1390. The molecule has 1 heterocycles. The van der Waals surface area contributed by atoms with E-state index in [-0.39, 0.29) is 12.1 Å². The van der Waals surface area contributed by atoms with Crippen LogP contribution in [0.5, 0.6) is 11.5 Å². The Morgan fingerprint density at radius 2 is 1.76 bits per heavy atom. The average Bonchev–Trinajstić information content (AvgIpc) is 2.96. The van der Waals surface area contributed by atoms with Crippen LogP contribution in [0.1, 0.15) is 37.3 Å². The maximum absolute atomic E-state index is 11.7. The molecule has 1 atom stereocenters. The summed E-state index contributed by atoms with van der Waals surface area (Å²) >= 11 is 0. The number of benzene rings is 2. The van der Waals surface area contributed by atoms with Crippen molar-refractivity contribution in [3.63, 3.8) is 0 Å². The highest BCUT2D eigenvalue weighted by Crippen LogP contribution is 2.48. The molecule has 0 bridgehead atoms. The van der Waals surface area contributed by atoms with Crippen LogP contribution in [0, 0.1) is 0 Å². The van der Waals surface area contributed by atoms with E-state index in [0.29, 0.717) is 12.8 Å². The lowest BCUT2D eigenvalue weighted by atomic mass is 9.83. The summed E-state index contributed by atoms with van der Waals surface area (Å²) < 4.78 is 19.8. The maximum atomic E-state index is 11.7. The smallest absolute Gasteiger partial charge is 0.305 e. The lowest BCUT2D eigenvalue weighted by Crippen LogP contribution is -2.32. The molecule has 2 aliphatic rings. The molecule has 8 nitrogen and oxygen atoms in total. The lowest BCUT2D eigenvalue weighted by Gasteiger charge is -2.34. The summed E-state index contributed by atoms with van der Waals surface area (Å²) in [6, 6.07) is 10.8. The van der Waals surface area contributed by atoms with Gasteiger partial charge in [-0.2, -0.15) is 0 Å². The quantitative estimate of drug-likeness (QED) is 0.304. The zero-order valence-corrected chi connectivity index (χ0v) is 26.1. The van der Waals surface area contributed by atoms with Crippen molar-refractivity contribution in [2.75, 3.05) is 84.3 Å². The molecule has 0 fully saturated rings. The van der Waals surface area contributed by atoms with Crippen LogP contribution < -0.4 is 24.2 Å². The summed E-state index contributed by atoms with van der Waals surface area (Å²) in [6.45, 7) is 3.67. The van der Waals surface area contributed by atoms with Crippen LogP contribution in [-0.2, 0) is 9.53 Å². The highest BCUT2D eigenvalue weighted by molar-refractivity contribution is 5.99. The molecule has 4 rings (SSSR count). The van der Waals surface area contributed by atoms with Gasteiger partial charge in [-0.1, -0.05) is 0 Å². The van der Waals surface area contributed by atoms with Gasteiger partial charge in [0.1, 0.15) is 31.7 Å². The summed E-state index contributed by atoms with van der Waals surface area (Å²) in [4.78, 5) is 18.3. The number of carbonyl (C=O) groups excluding carboxylic acids is 1. The standard InChI is InChI=1S/C33H45N4O4/c1-10-37(17-11-12-32(38)40-9)28-21-29(39-8)26(20-27(28)36(6)7)33-24-15-13-22(34(2)3)18-30(24)41-31-19-23(35(4)5)14-16-25(31)33/h13-16,18,20-21,31H,10-12,17,19H2,1-9H3/q+1. The van der Waals surface area contributed by atoms with Gasteiger partial charge in [-0.15, -0.1) is 0 Å². The van der Waals surface area contributed by atoms with E-state index in [9.17, 15) is 4.79 Å². The second-order valence-corrected chi connectivity index (χ2v) is 11.1. The number of nitrogens with zero attached hydrogens (tertiary/aromatic N) is 4. The minimum atomic E-state index is -0.185. The van der Waals surface area contributed by atoms with Crippen molar-refractivity contribution in [2.45, 2.75) is 32.3 Å². The van der Waals surface area contributed by atoms with E-state index in [2.05, 4.69) is 96.9 Å². The van der Waals surface area contributed by atoms with Crippen LogP contribution >= 0.6 is 0 Å². The number of hydrogen-bond acceptors (Lipinski definition) is 7. The summed E-state index contributed by atoms with van der Waals surface area (Å²) in [6.07, 6.45) is 6.19. The molecule has 2 aromatic carbocycles. The lowest BCUT2D eigenvalue weighted by molar-refractivity contribution is -0.465. The first-order valence-electron chi connectivity index (χ1n) is 14.2. The number of ether oxygens (including phenoxy) is 3. The van der Waals surface area contributed by atoms with Gasteiger partial charge in [0.05, 0.1) is 32.0 Å². The number of carbonyl (C=O) groups is 1. The van der Waals surface area contributed by atoms with Crippen LogP contribution in [0.3, 0.4) is 0 Å². The molecule has 1 unspecified atom stereocenters. The zero-order chi connectivity index (χ0) is 29.8. The number of esters is 1. The van der Waals surface area contributed by atoms with Crippen LogP contribution in [-0.4, -0.2) is 92.0 Å². The molecule has 0 amide bonds. The van der Waals surface area contributed by atoms with Gasteiger partial charge in [-0.25, -0.2) is 4.58 Å². The van der Waals surface area contributed by atoms with E-state index in [1.165, 1.54) is 12.8 Å². The Labute approximate surface area is 245 Å². The summed E-state index contributed by atoms with van der Waals surface area (Å²) in [7, 11) is 15.5. The van der Waals surface area contributed by atoms with Crippen molar-refractivity contribution in [3.05, 3.63) is 59.2 Å². The second kappa shape index (κ2) is 12.7.